The van der Waals surface area contributed by atoms with E-state index in [-0.39, 0.29) is 6.61 Å². The first-order valence-corrected chi connectivity index (χ1v) is 5.48. The van der Waals surface area contributed by atoms with Gasteiger partial charge in [0.25, 0.3) is 0 Å². The topological polar surface area (TPSA) is 121 Å². The maximum absolute atomic E-state index is 11.3. The maximum Gasteiger partial charge on any atom is 0.343 e. The van der Waals surface area contributed by atoms with Gasteiger partial charge in [-0.3, -0.25) is 14.2 Å². The second-order valence-electron chi connectivity index (χ2n) is 2.60. The lowest BCUT2D eigenvalue weighted by atomic mass is 10.3. The van der Waals surface area contributed by atoms with Gasteiger partial charge >= 0.3 is 19.5 Å². The molecule has 2 atom stereocenters. The largest absolute Gasteiger partial charge is 0.481 e. The standard InChI is InChI=1S/C7H11O7P/c1-2-3-14-15(12,13)5(7(10)11)4-6(8)9/h2,5H,1,3-4H2,(H,8,9)(H,10,11)(H,12,13). The Balaban J connectivity index is 4.73. The fraction of sp³-hybridized carbons (Fsp3) is 0.429. The van der Waals surface area contributed by atoms with Crippen LogP contribution in [0, 0.1) is 0 Å². The molecule has 0 aliphatic heterocycles. The molecule has 8 heteroatoms. The Hall–Kier alpha value is -1.17. The number of rotatable bonds is 7. The van der Waals surface area contributed by atoms with Crippen LogP contribution >= 0.6 is 7.60 Å². The maximum atomic E-state index is 11.3. The van der Waals surface area contributed by atoms with E-state index in [1.165, 1.54) is 0 Å². The van der Waals surface area contributed by atoms with Gasteiger partial charge in [0, 0.05) is 0 Å². The van der Waals surface area contributed by atoms with E-state index in [0.29, 0.717) is 0 Å². The van der Waals surface area contributed by atoms with Crippen molar-refractivity contribution in [3.8, 4) is 0 Å². The lowest BCUT2D eigenvalue weighted by Crippen LogP contribution is -2.24. The lowest BCUT2D eigenvalue weighted by Gasteiger charge is -2.16. The Labute approximate surface area is 85.5 Å². The zero-order valence-electron chi connectivity index (χ0n) is 7.70. The highest BCUT2D eigenvalue weighted by Crippen LogP contribution is 2.48. The van der Waals surface area contributed by atoms with E-state index in [0.717, 1.165) is 6.08 Å². The van der Waals surface area contributed by atoms with E-state index in [2.05, 4.69) is 11.1 Å². The quantitative estimate of drug-likeness (QED) is 0.430. The molecule has 0 spiro atoms. The fourth-order valence-electron chi connectivity index (χ4n) is 0.757. The summed E-state index contributed by atoms with van der Waals surface area (Å²) < 4.78 is 15.6. The third-order valence-electron chi connectivity index (χ3n) is 1.42. The normalized spacial score (nSPS) is 16.3. The third kappa shape index (κ3) is 4.73. The highest BCUT2D eigenvalue weighted by molar-refractivity contribution is 7.54. The molecule has 0 aromatic carbocycles. The summed E-state index contributed by atoms with van der Waals surface area (Å²) in [6.07, 6.45) is 0.183. The number of hydrogen-bond acceptors (Lipinski definition) is 4. The van der Waals surface area contributed by atoms with E-state index >= 15 is 0 Å². The molecular formula is C7H11O7P. The van der Waals surface area contributed by atoms with E-state index in [1.807, 2.05) is 0 Å². The Morgan fingerprint density at radius 2 is 2.00 bits per heavy atom. The molecule has 0 heterocycles. The van der Waals surface area contributed by atoms with Crippen LogP contribution in [0.5, 0.6) is 0 Å². The van der Waals surface area contributed by atoms with Crippen molar-refractivity contribution in [2.75, 3.05) is 6.61 Å². The summed E-state index contributed by atoms with van der Waals surface area (Å²) in [5.74, 6) is -3.17. The van der Waals surface area contributed by atoms with Crippen LogP contribution in [0.1, 0.15) is 6.42 Å². The molecule has 0 amide bonds. The zero-order valence-corrected chi connectivity index (χ0v) is 8.59. The van der Waals surface area contributed by atoms with Crippen LogP contribution in [0.3, 0.4) is 0 Å². The van der Waals surface area contributed by atoms with Gasteiger partial charge < -0.3 is 19.6 Å². The molecule has 0 aromatic heterocycles. The number of hydrogen-bond donors (Lipinski definition) is 3. The van der Waals surface area contributed by atoms with Gasteiger partial charge in [-0.1, -0.05) is 6.08 Å². The van der Waals surface area contributed by atoms with Crippen molar-refractivity contribution in [1.82, 2.24) is 0 Å². The SMILES string of the molecule is C=CCOP(=O)(O)C(CC(=O)O)C(=O)O. The zero-order chi connectivity index (χ0) is 12.1. The summed E-state index contributed by atoms with van der Waals surface area (Å²) in [6.45, 7) is 2.89. The molecule has 0 aromatic rings. The summed E-state index contributed by atoms with van der Waals surface area (Å²) in [5, 5.41) is 16.9. The van der Waals surface area contributed by atoms with E-state index in [9.17, 15) is 14.2 Å². The van der Waals surface area contributed by atoms with E-state index < -0.39 is 31.6 Å². The van der Waals surface area contributed by atoms with Crippen molar-refractivity contribution in [2.24, 2.45) is 0 Å². The van der Waals surface area contributed by atoms with Crippen LogP contribution in [-0.4, -0.2) is 39.3 Å². The minimum absolute atomic E-state index is 0.322. The van der Waals surface area contributed by atoms with Gasteiger partial charge in [-0.2, -0.15) is 0 Å². The summed E-state index contributed by atoms with van der Waals surface area (Å²) in [4.78, 5) is 30.0. The van der Waals surface area contributed by atoms with Crippen LogP contribution in [0.4, 0.5) is 0 Å². The Morgan fingerprint density at radius 1 is 1.47 bits per heavy atom. The number of carbonyl (C=O) groups is 2. The number of aliphatic carboxylic acids is 2. The lowest BCUT2D eigenvalue weighted by molar-refractivity contribution is -0.143. The summed E-state index contributed by atoms with van der Waals surface area (Å²) in [5.41, 5.74) is -1.96. The van der Waals surface area contributed by atoms with Crippen molar-refractivity contribution < 1.29 is 33.8 Å². The highest BCUT2D eigenvalue weighted by Gasteiger charge is 2.40. The van der Waals surface area contributed by atoms with Crippen molar-refractivity contribution in [1.29, 1.82) is 0 Å². The van der Waals surface area contributed by atoms with Crippen molar-refractivity contribution in [3.05, 3.63) is 12.7 Å². The van der Waals surface area contributed by atoms with Gasteiger partial charge in [0.05, 0.1) is 13.0 Å². The van der Waals surface area contributed by atoms with E-state index in [1.54, 1.807) is 0 Å². The molecule has 0 fully saturated rings. The van der Waals surface area contributed by atoms with Gasteiger partial charge in [-0.05, 0) is 0 Å². The predicted octanol–water partition coefficient (Wildman–Crippen LogP) is 0.302. The molecule has 0 rings (SSSR count). The third-order valence-corrected chi connectivity index (χ3v) is 3.13. The molecule has 0 saturated carbocycles. The minimum Gasteiger partial charge on any atom is -0.481 e. The molecule has 3 N–H and O–H groups in total. The first kappa shape index (κ1) is 13.8. The number of carboxylic acids is 2. The van der Waals surface area contributed by atoms with Crippen LogP contribution in [0.2, 0.25) is 0 Å². The Kier molecular flexibility index (Phi) is 5.21. The fourth-order valence-corrected chi connectivity index (χ4v) is 1.92. The summed E-state index contributed by atoms with van der Waals surface area (Å²) >= 11 is 0. The second-order valence-corrected chi connectivity index (χ2v) is 4.61. The van der Waals surface area contributed by atoms with Crippen LogP contribution in [-0.2, 0) is 18.7 Å². The molecule has 0 saturated heterocycles. The Morgan fingerprint density at radius 3 is 2.33 bits per heavy atom. The van der Waals surface area contributed by atoms with Crippen molar-refractivity contribution >= 4 is 19.5 Å². The Bertz CT molecular complexity index is 310. The summed E-state index contributed by atoms with van der Waals surface area (Å²) in [7, 11) is -4.48. The van der Waals surface area contributed by atoms with Crippen molar-refractivity contribution in [2.45, 2.75) is 12.1 Å². The monoisotopic (exact) mass is 238 g/mol. The average Bonchev–Trinajstić information content (AvgIpc) is 2.10. The van der Waals surface area contributed by atoms with Gasteiger partial charge in [-0.15, -0.1) is 6.58 Å². The highest BCUT2D eigenvalue weighted by atomic mass is 31.2. The molecule has 86 valence electrons. The molecule has 0 radical (unpaired) electrons. The number of carboxylic acid groups (broad SMARTS) is 2. The molecular weight excluding hydrogens is 227 g/mol. The predicted molar refractivity (Wildman–Crippen MR) is 49.7 cm³/mol. The molecule has 2 unspecified atom stereocenters. The van der Waals surface area contributed by atoms with Crippen LogP contribution in [0.15, 0.2) is 12.7 Å². The molecule has 7 nitrogen and oxygen atoms in total. The second kappa shape index (κ2) is 5.65. The molecule has 0 aliphatic rings. The first-order chi connectivity index (χ1) is 6.81. The summed E-state index contributed by atoms with van der Waals surface area (Å²) in [6, 6.07) is 0. The van der Waals surface area contributed by atoms with Crippen LogP contribution < -0.4 is 0 Å². The van der Waals surface area contributed by atoms with Gasteiger partial charge in [0.2, 0.25) is 0 Å². The van der Waals surface area contributed by atoms with Gasteiger partial charge in [-0.25, -0.2) is 0 Å². The first-order valence-electron chi connectivity index (χ1n) is 3.83. The van der Waals surface area contributed by atoms with Gasteiger partial charge in [0.15, 0.2) is 5.66 Å². The van der Waals surface area contributed by atoms with Crippen molar-refractivity contribution in [3.63, 3.8) is 0 Å². The van der Waals surface area contributed by atoms with Gasteiger partial charge in [0.1, 0.15) is 0 Å². The molecule has 15 heavy (non-hydrogen) atoms. The minimum atomic E-state index is -4.48. The average molecular weight is 238 g/mol. The molecule has 0 bridgehead atoms. The van der Waals surface area contributed by atoms with Crippen LogP contribution in [0.25, 0.3) is 0 Å². The van der Waals surface area contributed by atoms with E-state index in [4.69, 9.17) is 15.1 Å². The smallest absolute Gasteiger partial charge is 0.343 e. The molecule has 0 aliphatic carbocycles.